The quantitative estimate of drug-likeness (QED) is 0.132. The Morgan fingerprint density at radius 1 is 0.429 bits per heavy atom. The van der Waals surface area contributed by atoms with Crippen LogP contribution >= 0.6 is 0 Å². The Kier molecular flexibility index (Phi) is 10.5. The van der Waals surface area contributed by atoms with Gasteiger partial charge in [0, 0.05) is 17.1 Å². The van der Waals surface area contributed by atoms with Crippen LogP contribution in [0.5, 0.6) is 0 Å². The van der Waals surface area contributed by atoms with Gasteiger partial charge in [0.15, 0.2) is 0 Å². The van der Waals surface area contributed by atoms with Crippen molar-refractivity contribution in [3.05, 3.63) is 270 Å². The molecule has 3 unspecified atom stereocenters. The molecule has 338 valence electrons. The summed E-state index contributed by atoms with van der Waals surface area (Å²) in [5, 5.41) is 2.51. The Hall–Kier alpha value is -7.74. The van der Waals surface area contributed by atoms with Gasteiger partial charge in [0.05, 0.1) is 5.41 Å². The maximum absolute atomic E-state index is 2.51. The first kappa shape index (κ1) is 42.4. The SMILES string of the molecule is CC(C)c1cccc2c1-c1ccc(N(c3ccc(-c4ccc(C5CC6CCC5C6)cc4)cc3)c3ccc(-c4ccc5ccccc5c4-c4ccccc4)cc3)cc1C2(c1ccccc1)c1ccccc1. The van der Waals surface area contributed by atoms with Crippen molar-refractivity contribution in [3.63, 3.8) is 0 Å². The molecule has 0 aliphatic heterocycles. The van der Waals surface area contributed by atoms with Crippen LogP contribution in [0.1, 0.15) is 84.7 Å². The molecule has 2 saturated carbocycles. The Labute approximate surface area is 413 Å². The molecule has 10 aromatic carbocycles. The monoisotopic (exact) mass is 899 g/mol. The van der Waals surface area contributed by atoms with Crippen molar-refractivity contribution in [1.29, 1.82) is 0 Å². The molecule has 3 aliphatic carbocycles. The van der Waals surface area contributed by atoms with E-state index in [1.807, 2.05) is 0 Å². The number of nitrogens with zero attached hydrogens (tertiary/aromatic N) is 1. The van der Waals surface area contributed by atoms with Gasteiger partial charge in [0.1, 0.15) is 0 Å². The van der Waals surface area contributed by atoms with E-state index in [1.165, 1.54) is 114 Å². The fourth-order valence-corrected chi connectivity index (χ4v) is 13.2. The van der Waals surface area contributed by atoms with Crippen LogP contribution in [-0.4, -0.2) is 0 Å². The number of benzene rings is 10. The minimum Gasteiger partial charge on any atom is -0.310 e. The molecule has 3 atom stereocenters. The third-order valence-electron chi connectivity index (χ3n) is 16.4. The average molecular weight is 900 g/mol. The molecule has 3 aliphatic rings. The van der Waals surface area contributed by atoms with Crippen LogP contribution in [0.15, 0.2) is 237 Å². The van der Waals surface area contributed by atoms with Crippen molar-refractivity contribution in [2.75, 3.05) is 4.90 Å². The number of fused-ring (bicyclic) bond motifs is 6. The lowest BCUT2D eigenvalue weighted by atomic mass is 9.67. The van der Waals surface area contributed by atoms with Crippen LogP contribution in [0, 0.1) is 11.8 Å². The first-order valence-electron chi connectivity index (χ1n) is 25.6. The van der Waals surface area contributed by atoms with Gasteiger partial charge in [-0.3, -0.25) is 0 Å². The summed E-state index contributed by atoms with van der Waals surface area (Å²) in [6, 6.07) is 89.0. The molecule has 1 nitrogen and oxygen atoms in total. The molecule has 0 amide bonds. The lowest BCUT2D eigenvalue weighted by molar-refractivity contribution is 0.420. The highest BCUT2D eigenvalue weighted by Gasteiger charge is 2.47. The normalized spacial score (nSPS) is 17.4. The zero-order chi connectivity index (χ0) is 46.8. The lowest BCUT2D eigenvalue weighted by Crippen LogP contribution is -2.28. The van der Waals surface area contributed by atoms with Crippen molar-refractivity contribution in [3.8, 4) is 44.5 Å². The molecule has 0 aromatic heterocycles. The van der Waals surface area contributed by atoms with Crippen LogP contribution in [0.2, 0.25) is 0 Å². The fraction of sp³-hybridized carbons (Fsp3) is 0.159. The van der Waals surface area contributed by atoms with Crippen molar-refractivity contribution < 1.29 is 0 Å². The minimum absolute atomic E-state index is 0.359. The summed E-state index contributed by atoms with van der Waals surface area (Å²) in [5.41, 5.74) is 21.0. The third-order valence-corrected chi connectivity index (χ3v) is 16.4. The van der Waals surface area contributed by atoms with E-state index in [0.717, 1.165) is 34.8 Å². The second-order valence-corrected chi connectivity index (χ2v) is 20.5. The summed E-state index contributed by atoms with van der Waals surface area (Å²) < 4.78 is 0. The molecule has 10 aromatic rings. The Morgan fingerprint density at radius 3 is 1.64 bits per heavy atom. The molecule has 2 bridgehead atoms. The van der Waals surface area contributed by atoms with E-state index in [2.05, 4.69) is 255 Å². The number of hydrogen-bond acceptors (Lipinski definition) is 1. The van der Waals surface area contributed by atoms with E-state index in [4.69, 9.17) is 0 Å². The fourth-order valence-electron chi connectivity index (χ4n) is 13.2. The van der Waals surface area contributed by atoms with Gasteiger partial charge in [-0.15, -0.1) is 0 Å². The van der Waals surface area contributed by atoms with E-state index >= 15 is 0 Å². The van der Waals surface area contributed by atoms with Gasteiger partial charge in [-0.2, -0.15) is 0 Å². The van der Waals surface area contributed by atoms with Gasteiger partial charge >= 0.3 is 0 Å². The first-order valence-corrected chi connectivity index (χ1v) is 25.6. The molecule has 1 heteroatoms. The average Bonchev–Trinajstić information content (AvgIpc) is 4.15. The second-order valence-electron chi connectivity index (χ2n) is 20.5. The largest absolute Gasteiger partial charge is 0.310 e. The third kappa shape index (κ3) is 6.97. The zero-order valence-corrected chi connectivity index (χ0v) is 40.1. The van der Waals surface area contributed by atoms with Crippen LogP contribution < -0.4 is 4.90 Å². The van der Waals surface area contributed by atoms with Crippen LogP contribution in [0.3, 0.4) is 0 Å². The van der Waals surface area contributed by atoms with Gasteiger partial charge in [0.25, 0.3) is 0 Å². The van der Waals surface area contributed by atoms with Gasteiger partial charge in [0.2, 0.25) is 0 Å². The Bertz CT molecular complexity index is 3460. The Balaban J connectivity index is 0.971. The number of rotatable bonds is 10. The van der Waals surface area contributed by atoms with E-state index < -0.39 is 5.41 Å². The highest BCUT2D eigenvalue weighted by molar-refractivity contribution is 6.04. The van der Waals surface area contributed by atoms with Gasteiger partial charge < -0.3 is 4.90 Å². The van der Waals surface area contributed by atoms with Gasteiger partial charge in [-0.25, -0.2) is 0 Å². The van der Waals surface area contributed by atoms with Gasteiger partial charge in [-0.05, 0) is 168 Å². The molecule has 0 saturated heterocycles. The molecular formula is C69H57N. The maximum Gasteiger partial charge on any atom is 0.0714 e. The highest BCUT2D eigenvalue weighted by atomic mass is 15.1. The minimum atomic E-state index is -0.526. The van der Waals surface area contributed by atoms with Crippen LogP contribution in [0.4, 0.5) is 17.1 Å². The summed E-state index contributed by atoms with van der Waals surface area (Å²) in [5.74, 6) is 2.92. The van der Waals surface area contributed by atoms with E-state index in [-0.39, 0.29) is 0 Å². The number of hydrogen-bond donors (Lipinski definition) is 0. The summed E-state index contributed by atoms with van der Waals surface area (Å²) in [6.45, 7) is 4.66. The lowest BCUT2D eigenvalue weighted by Gasteiger charge is -2.35. The zero-order valence-electron chi connectivity index (χ0n) is 40.1. The topological polar surface area (TPSA) is 3.24 Å². The number of anilines is 3. The molecule has 0 radical (unpaired) electrons. The van der Waals surface area contributed by atoms with E-state index in [9.17, 15) is 0 Å². The molecule has 0 spiro atoms. The predicted molar refractivity (Wildman–Crippen MR) is 295 cm³/mol. The van der Waals surface area contributed by atoms with Crippen LogP contribution in [0.25, 0.3) is 55.3 Å². The maximum atomic E-state index is 2.51. The summed E-state index contributed by atoms with van der Waals surface area (Å²) >= 11 is 0. The van der Waals surface area contributed by atoms with Crippen molar-refractivity contribution in [1.82, 2.24) is 0 Å². The predicted octanol–water partition coefficient (Wildman–Crippen LogP) is 18.7. The van der Waals surface area contributed by atoms with Crippen molar-refractivity contribution in [2.24, 2.45) is 11.8 Å². The van der Waals surface area contributed by atoms with Crippen molar-refractivity contribution >= 4 is 27.8 Å². The second kappa shape index (κ2) is 17.3. The molecule has 13 rings (SSSR count). The van der Waals surface area contributed by atoms with Crippen molar-refractivity contribution in [2.45, 2.75) is 56.8 Å². The highest BCUT2D eigenvalue weighted by Crippen LogP contribution is 2.59. The molecular weight excluding hydrogens is 843 g/mol. The smallest absolute Gasteiger partial charge is 0.0714 e. The van der Waals surface area contributed by atoms with E-state index in [0.29, 0.717) is 5.92 Å². The standard InChI is InChI=1S/C69H57N/c1-46(2)60-23-14-24-65-68(60)63-42-40-59(45-66(63)69(65,55-18-8-4-9-19-55)56-20-10-5-11-21-56)70(57-36-31-49(32-37-57)48-27-29-52(30-28-48)64-44-47-25-26-54(64)43-47)58-38-33-51(34-39-58)62-41-35-50-15-12-13-22-61(50)67(62)53-16-6-3-7-17-53/h3-24,27-42,45-47,54,64H,25-26,43-44H2,1-2H3. The summed E-state index contributed by atoms with van der Waals surface area (Å²) in [6.07, 6.45) is 5.65. The first-order chi connectivity index (χ1) is 34.5. The van der Waals surface area contributed by atoms with Crippen LogP contribution in [-0.2, 0) is 5.41 Å². The summed E-state index contributed by atoms with van der Waals surface area (Å²) in [7, 11) is 0. The van der Waals surface area contributed by atoms with Gasteiger partial charge in [-0.1, -0.05) is 220 Å². The summed E-state index contributed by atoms with van der Waals surface area (Å²) in [4.78, 5) is 2.47. The molecule has 2 fully saturated rings. The molecule has 70 heavy (non-hydrogen) atoms. The molecule has 0 heterocycles. The van der Waals surface area contributed by atoms with E-state index in [1.54, 1.807) is 0 Å². The Morgan fingerprint density at radius 2 is 1.01 bits per heavy atom. The molecule has 0 N–H and O–H groups in total.